The Morgan fingerprint density at radius 3 is 0.899 bits per heavy atom. The first-order valence-corrected chi connectivity index (χ1v) is 29.4. The molecule has 0 bridgehead atoms. The molecule has 0 saturated carbocycles. The number of carbonyl (C=O) groups excluding carboxylic acids is 3. The fourth-order valence-electron chi connectivity index (χ4n) is 8.29. The summed E-state index contributed by atoms with van der Waals surface area (Å²) < 4.78 is 16.9. The van der Waals surface area contributed by atoms with Crippen LogP contribution in [0.5, 0.6) is 0 Å². The van der Waals surface area contributed by atoms with Crippen molar-refractivity contribution >= 4 is 17.9 Å². The summed E-state index contributed by atoms with van der Waals surface area (Å²) in [6.45, 7) is 6.53. The highest BCUT2D eigenvalue weighted by molar-refractivity contribution is 5.71. The van der Waals surface area contributed by atoms with Gasteiger partial charge in [0.15, 0.2) is 6.10 Å². The molecule has 0 spiro atoms. The molecule has 6 nitrogen and oxygen atoms in total. The highest BCUT2D eigenvalue weighted by atomic mass is 16.6. The molecule has 0 aliphatic carbocycles. The van der Waals surface area contributed by atoms with E-state index < -0.39 is 6.10 Å². The minimum Gasteiger partial charge on any atom is -0.462 e. The lowest BCUT2D eigenvalue weighted by Gasteiger charge is -2.18. The largest absolute Gasteiger partial charge is 0.462 e. The molecule has 0 N–H and O–H groups in total. The zero-order valence-corrected chi connectivity index (χ0v) is 45.6. The maximum atomic E-state index is 12.9. The fraction of sp³-hybridized carbons (Fsp3) is 0.762. The first-order valence-electron chi connectivity index (χ1n) is 29.4. The average molecular weight is 964 g/mol. The standard InChI is InChI=1S/C63H110O6/c1-4-7-10-13-16-19-22-25-28-30-31-32-33-34-36-38-41-44-47-50-53-56-62(65)68-59-60(58-67-61(64)55-52-49-46-43-40-37-27-24-21-18-15-12-9-6-3)69-63(66)57-54-51-48-45-42-39-35-29-26-23-20-17-14-11-8-5-2/h7,10,16,19,25,28-29,31-32,34-36,60H,4-6,8-9,11-15,17-18,20-24,26-27,30,33,37-59H2,1-3H3/b10-7-,19-16-,28-25-,32-31-,35-29-,36-34-. The quantitative estimate of drug-likeness (QED) is 0.0262. The topological polar surface area (TPSA) is 78.9 Å². The molecule has 69 heavy (non-hydrogen) atoms. The maximum Gasteiger partial charge on any atom is 0.306 e. The molecule has 0 aliphatic heterocycles. The molecule has 0 aliphatic rings. The van der Waals surface area contributed by atoms with E-state index in [1.807, 2.05) is 0 Å². The van der Waals surface area contributed by atoms with Gasteiger partial charge < -0.3 is 14.2 Å². The van der Waals surface area contributed by atoms with Crippen LogP contribution >= 0.6 is 0 Å². The van der Waals surface area contributed by atoms with Crippen molar-refractivity contribution in [3.8, 4) is 0 Å². The zero-order valence-electron chi connectivity index (χ0n) is 45.6. The second-order valence-electron chi connectivity index (χ2n) is 19.5. The molecule has 0 aromatic heterocycles. The summed E-state index contributed by atoms with van der Waals surface area (Å²) in [6.07, 6.45) is 73.2. The molecular weight excluding hydrogens is 853 g/mol. The summed E-state index contributed by atoms with van der Waals surface area (Å²) >= 11 is 0. The number of hydrogen-bond donors (Lipinski definition) is 0. The van der Waals surface area contributed by atoms with Gasteiger partial charge in [-0.15, -0.1) is 0 Å². The van der Waals surface area contributed by atoms with Crippen molar-refractivity contribution in [2.75, 3.05) is 13.2 Å². The highest BCUT2D eigenvalue weighted by Crippen LogP contribution is 2.16. The molecule has 0 aromatic rings. The lowest BCUT2D eigenvalue weighted by molar-refractivity contribution is -0.167. The molecule has 0 heterocycles. The van der Waals surface area contributed by atoms with Crippen LogP contribution in [0.1, 0.15) is 290 Å². The summed E-state index contributed by atoms with van der Waals surface area (Å²) in [5.41, 5.74) is 0. The van der Waals surface area contributed by atoms with Crippen LogP contribution in [0.4, 0.5) is 0 Å². The Labute approximate surface area is 427 Å². The number of carbonyl (C=O) groups is 3. The molecule has 6 heteroatoms. The minimum absolute atomic E-state index is 0.0825. The summed E-state index contributed by atoms with van der Waals surface area (Å²) in [5, 5.41) is 0. The molecule has 1 unspecified atom stereocenters. The van der Waals surface area contributed by atoms with Crippen molar-refractivity contribution in [3.63, 3.8) is 0 Å². The molecular formula is C63H110O6. The molecule has 0 aromatic carbocycles. The van der Waals surface area contributed by atoms with Gasteiger partial charge >= 0.3 is 17.9 Å². The smallest absolute Gasteiger partial charge is 0.306 e. The first-order chi connectivity index (χ1) is 34.0. The van der Waals surface area contributed by atoms with E-state index in [4.69, 9.17) is 14.2 Å². The van der Waals surface area contributed by atoms with Crippen LogP contribution in [-0.2, 0) is 28.6 Å². The van der Waals surface area contributed by atoms with Gasteiger partial charge in [0.1, 0.15) is 13.2 Å². The van der Waals surface area contributed by atoms with Crippen LogP contribution < -0.4 is 0 Å². The van der Waals surface area contributed by atoms with E-state index in [1.54, 1.807) is 0 Å². The molecule has 0 radical (unpaired) electrons. The maximum absolute atomic E-state index is 12.9. The van der Waals surface area contributed by atoms with E-state index in [-0.39, 0.29) is 31.1 Å². The number of unbranched alkanes of at least 4 members (excludes halogenated alkanes) is 30. The third-order valence-electron chi connectivity index (χ3n) is 12.7. The summed E-state index contributed by atoms with van der Waals surface area (Å²) in [5.74, 6) is -0.900. The van der Waals surface area contributed by atoms with Crippen molar-refractivity contribution in [1.82, 2.24) is 0 Å². The van der Waals surface area contributed by atoms with Gasteiger partial charge in [-0.25, -0.2) is 0 Å². The van der Waals surface area contributed by atoms with Gasteiger partial charge in [-0.2, -0.15) is 0 Å². The fourth-order valence-corrected chi connectivity index (χ4v) is 8.29. The van der Waals surface area contributed by atoms with Crippen LogP contribution in [0, 0.1) is 0 Å². The van der Waals surface area contributed by atoms with E-state index in [1.165, 1.54) is 128 Å². The molecule has 0 saturated heterocycles. The molecule has 0 amide bonds. The Balaban J connectivity index is 4.40. The predicted molar refractivity (Wildman–Crippen MR) is 298 cm³/mol. The van der Waals surface area contributed by atoms with Crippen LogP contribution in [0.15, 0.2) is 72.9 Å². The summed E-state index contributed by atoms with van der Waals surface area (Å²) in [6, 6.07) is 0. The van der Waals surface area contributed by atoms with Gasteiger partial charge in [0.05, 0.1) is 0 Å². The lowest BCUT2D eigenvalue weighted by atomic mass is 10.0. The number of rotatable bonds is 53. The first kappa shape index (κ1) is 65.8. The van der Waals surface area contributed by atoms with Crippen molar-refractivity contribution < 1.29 is 28.6 Å². The third-order valence-corrected chi connectivity index (χ3v) is 12.7. The molecule has 0 rings (SSSR count). The Hall–Kier alpha value is -3.15. The summed E-state index contributed by atoms with van der Waals surface area (Å²) in [7, 11) is 0. The summed E-state index contributed by atoms with van der Waals surface area (Å²) in [4.78, 5) is 38.2. The molecule has 398 valence electrons. The van der Waals surface area contributed by atoms with Crippen molar-refractivity contribution in [2.45, 2.75) is 297 Å². The van der Waals surface area contributed by atoms with E-state index >= 15 is 0 Å². The second-order valence-corrected chi connectivity index (χ2v) is 19.5. The van der Waals surface area contributed by atoms with Gasteiger partial charge in [0, 0.05) is 19.3 Å². The number of hydrogen-bond acceptors (Lipinski definition) is 6. The van der Waals surface area contributed by atoms with E-state index in [0.29, 0.717) is 19.3 Å². The van der Waals surface area contributed by atoms with Crippen molar-refractivity contribution in [1.29, 1.82) is 0 Å². The zero-order chi connectivity index (χ0) is 50.0. The monoisotopic (exact) mass is 963 g/mol. The Bertz CT molecular complexity index is 1290. The van der Waals surface area contributed by atoms with Crippen LogP contribution in [0.2, 0.25) is 0 Å². The normalized spacial score (nSPS) is 12.6. The van der Waals surface area contributed by atoms with Crippen LogP contribution in [0.3, 0.4) is 0 Å². The Morgan fingerprint density at radius 2 is 0.565 bits per heavy atom. The molecule has 0 fully saturated rings. The van der Waals surface area contributed by atoms with Gasteiger partial charge in [-0.05, 0) is 89.9 Å². The van der Waals surface area contributed by atoms with E-state index in [9.17, 15) is 14.4 Å². The minimum atomic E-state index is -0.787. The van der Waals surface area contributed by atoms with Crippen LogP contribution in [-0.4, -0.2) is 37.2 Å². The Morgan fingerprint density at radius 1 is 0.304 bits per heavy atom. The highest BCUT2D eigenvalue weighted by Gasteiger charge is 2.19. The average Bonchev–Trinajstić information content (AvgIpc) is 3.35. The van der Waals surface area contributed by atoms with Gasteiger partial charge in [-0.3, -0.25) is 14.4 Å². The predicted octanol–water partition coefficient (Wildman–Crippen LogP) is 19.8. The second kappa shape index (κ2) is 57.4. The molecule has 1 atom stereocenters. The SMILES string of the molecule is CC/C=C\C/C=C\C/C=C\C/C=C\C/C=C\CCCCCCCC(=O)OCC(COC(=O)CCCCCCCCCCCCCCCC)OC(=O)CCCCCCC/C=C\CCCCCCCCC. The number of ether oxygens (including phenoxy) is 3. The van der Waals surface area contributed by atoms with E-state index in [0.717, 1.165) is 122 Å². The lowest BCUT2D eigenvalue weighted by Crippen LogP contribution is -2.30. The van der Waals surface area contributed by atoms with Gasteiger partial charge in [0.25, 0.3) is 0 Å². The van der Waals surface area contributed by atoms with E-state index in [2.05, 4.69) is 93.7 Å². The number of esters is 3. The third kappa shape index (κ3) is 55.6. The van der Waals surface area contributed by atoms with Crippen molar-refractivity contribution in [3.05, 3.63) is 72.9 Å². The number of allylic oxidation sites excluding steroid dienone is 12. The van der Waals surface area contributed by atoms with Gasteiger partial charge in [0.2, 0.25) is 0 Å². The van der Waals surface area contributed by atoms with Crippen LogP contribution in [0.25, 0.3) is 0 Å². The van der Waals surface area contributed by atoms with Crippen molar-refractivity contribution in [2.24, 2.45) is 0 Å². The Kier molecular flexibility index (Phi) is 54.8. The van der Waals surface area contributed by atoms with Gasteiger partial charge in [-0.1, -0.05) is 254 Å².